The van der Waals surface area contributed by atoms with E-state index in [9.17, 15) is 14.4 Å². The number of esters is 1. The Balaban J connectivity index is 1.93. The Labute approximate surface area is 142 Å². The third-order valence-corrected chi connectivity index (χ3v) is 5.43. The molecule has 0 saturated heterocycles. The molecule has 0 aromatic carbocycles. The first kappa shape index (κ1) is 16.6. The lowest BCUT2D eigenvalue weighted by Gasteiger charge is -2.21. The molecule has 0 atom stereocenters. The Morgan fingerprint density at radius 3 is 2.75 bits per heavy atom. The second-order valence-electron chi connectivity index (χ2n) is 6.05. The first-order chi connectivity index (χ1) is 11.5. The predicted molar refractivity (Wildman–Crippen MR) is 90.1 cm³/mol. The third kappa shape index (κ3) is 3.19. The van der Waals surface area contributed by atoms with Gasteiger partial charge in [0.1, 0.15) is 22.4 Å². The van der Waals surface area contributed by atoms with Crippen molar-refractivity contribution in [1.29, 1.82) is 0 Å². The zero-order valence-corrected chi connectivity index (χ0v) is 14.2. The van der Waals surface area contributed by atoms with Gasteiger partial charge in [-0.3, -0.25) is 14.2 Å². The Bertz CT molecular complexity index is 849. The van der Waals surface area contributed by atoms with Gasteiger partial charge in [0.25, 0.3) is 5.56 Å². The van der Waals surface area contributed by atoms with Gasteiger partial charge < -0.3 is 10.5 Å². The molecule has 0 radical (unpaired) electrons. The third-order valence-electron chi connectivity index (χ3n) is 4.25. The maximum atomic E-state index is 12.5. The molecule has 1 saturated carbocycles. The number of carbonyl (C=O) groups excluding carboxylic acids is 2. The number of aromatic nitrogens is 2. The minimum atomic E-state index is -0.622. The summed E-state index contributed by atoms with van der Waals surface area (Å²) in [5.74, 6) is -1.02. The average Bonchev–Trinajstić information content (AvgIpc) is 2.88. The summed E-state index contributed by atoms with van der Waals surface area (Å²) in [7, 11) is 0. The van der Waals surface area contributed by atoms with Crippen LogP contribution in [0.15, 0.2) is 11.1 Å². The summed E-state index contributed by atoms with van der Waals surface area (Å²) in [6.45, 7) is 1.47. The van der Waals surface area contributed by atoms with Crippen LogP contribution in [0.25, 0.3) is 10.2 Å². The largest absolute Gasteiger partial charge is 0.458 e. The van der Waals surface area contributed by atoms with Crippen LogP contribution in [0.4, 0.5) is 0 Å². The highest BCUT2D eigenvalue weighted by Gasteiger charge is 2.24. The number of carbonyl (C=O) groups is 2. The minimum absolute atomic E-state index is 0.0460. The zero-order chi connectivity index (χ0) is 17.3. The summed E-state index contributed by atoms with van der Waals surface area (Å²) in [5.41, 5.74) is 5.31. The van der Waals surface area contributed by atoms with Crippen molar-refractivity contribution in [2.45, 2.75) is 51.7 Å². The number of hydrogen-bond donors (Lipinski definition) is 1. The van der Waals surface area contributed by atoms with Gasteiger partial charge in [-0.15, -0.1) is 11.3 Å². The van der Waals surface area contributed by atoms with Crippen molar-refractivity contribution in [3.63, 3.8) is 0 Å². The summed E-state index contributed by atoms with van der Waals surface area (Å²) in [6, 6.07) is 0. The van der Waals surface area contributed by atoms with E-state index in [1.165, 1.54) is 12.7 Å². The molecular weight excluding hydrogens is 330 g/mol. The van der Waals surface area contributed by atoms with Gasteiger partial charge in [-0.05, 0) is 38.2 Å². The lowest BCUT2D eigenvalue weighted by molar-refractivity contribution is -0.118. The Hall–Kier alpha value is -2.22. The van der Waals surface area contributed by atoms with Gasteiger partial charge in [0, 0.05) is 0 Å². The molecule has 7 nitrogen and oxygen atoms in total. The van der Waals surface area contributed by atoms with Gasteiger partial charge >= 0.3 is 5.97 Å². The van der Waals surface area contributed by atoms with Gasteiger partial charge in [0.15, 0.2) is 0 Å². The van der Waals surface area contributed by atoms with E-state index in [-0.39, 0.29) is 18.2 Å². The molecule has 1 amide bonds. The normalized spacial score (nSPS) is 15.5. The Morgan fingerprint density at radius 1 is 1.38 bits per heavy atom. The van der Waals surface area contributed by atoms with E-state index in [2.05, 4.69) is 4.98 Å². The first-order valence-electron chi connectivity index (χ1n) is 7.95. The molecule has 1 aliphatic carbocycles. The molecule has 0 aliphatic heterocycles. The average molecular weight is 349 g/mol. The van der Waals surface area contributed by atoms with Gasteiger partial charge in [-0.2, -0.15) is 0 Å². The fourth-order valence-electron chi connectivity index (χ4n) is 3.02. The summed E-state index contributed by atoms with van der Waals surface area (Å²) < 4.78 is 6.74. The summed E-state index contributed by atoms with van der Waals surface area (Å²) in [6.07, 6.45) is 6.33. The van der Waals surface area contributed by atoms with Crippen molar-refractivity contribution < 1.29 is 14.3 Å². The molecule has 1 fully saturated rings. The van der Waals surface area contributed by atoms with Gasteiger partial charge in [-0.25, -0.2) is 9.78 Å². The number of rotatable bonds is 4. The van der Waals surface area contributed by atoms with Crippen LogP contribution in [0.5, 0.6) is 0 Å². The van der Waals surface area contributed by atoms with Crippen molar-refractivity contribution in [2.24, 2.45) is 5.73 Å². The number of hydrogen-bond acceptors (Lipinski definition) is 6. The van der Waals surface area contributed by atoms with Crippen molar-refractivity contribution in [3.8, 4) is 0 Å². The van der Waals surface area contributed by atoms with E-state index in [4.69, 9.17) is 10.5 Å². The van der Waals surface area contributed by atoms with Gasteiger partial charge in [0.05, 0.1) is 11.7 Å². The SMILES string of the molecule is Cc1c(C(=O)OC2CCCCC2)sc2ncn(CC(N)=O)c(=O)c12. The maximum Gasteiger partial charge on any atom is 0.348 e. The zero-order valence-electron chi connectivity index (χ0n) is 13.4. The topological polar surface area (TPSA) is 104 Å². The standard InChI is InChI=1S/C16H19N3O4S/c1-9-12-14(18-8-19(15(12)21)7-11(17)20)24-13(9)16(22)23-10-5-3-2-4-6-10/h8,10H,2-7H2,1H3,(H2,17,20). The maximum absolute atomic E-state index is 12.5. The molecule has 24 heavy (non-hydrogen) atoms. The van der Waals surface area contributed by atoms with Gasteiger partial charge in [-0.1, -0.05) is 6.42 Å². The van der Waals surface area contributed by atoms with Crippen LogP contribution >= 0.6 is 11.3 Å². The second-order valence-corrected chi connectivity index (χ2v) is 7.04. The molecule has 0 unspecified atom stereocenters. The molecule has 2 aromatic rings. The van der Waals surface area contributed by atoms with E-state index in [0.29, 0.717) is 20.7 Å². The number of nitrogens with two attached hydrogens (primary N) is 1. The van der Waals surface area contributed by atoms with Crippen LogP contribution < -0.4 is 11.3 Å². The fraction of sp³-hybridized carbons (Fsp3) is 0.500. The fourth-order valence-corrected chi connectivity index (χ4v) is 4.04. The number of nitrogens with zero attached hydrogens (tertiary/aromatic N) is 2. The Morgan fingerprint density at radius 2 is 2.08 bits per heavy atom. The molecule has 3 rings (SSSR count). The number of fused-ring (bicyclic) bond motifs is 1. The minimum Gasteiger partial charge on any atom is -0.458 e. The molecule has 2 aromatic heterocycles. The second kappa shape index (κ2) is 6.72. The molecule has 0 bridgehead atoms. The Kier molecular flexibility index (Phi) is 4.66. The number of thiophene rings is 1. The van der Waals surface area contributed by atoms with Crippen LogP contribution in [-0.4, -0.2) is 27.5 Å². The number of amides is 1. The highest BCUT2D eigenvalue weighted by molar-refractivity contribution is 7.20. The van der Waals surface area contributed by atoms with Crippen molar-refractivity contribution in [3.05, 3.63) is 27.1 Å². The van der Waals surface area contributed by atoms with Crippen LogP contribution in [0.1, 0.15) is 47.3 Å². The molecule has 1 aliphatic rings. The molecular formula is C16H19N3O4S. The van der Waals surface area contributed by atoms with E-state index in [0.717, 1.165) is 41.6 Å². The van der Waals surface area contributed by atoms with E-state index in [1.807, 2.05) is 0 Å². The molecule has 128 valence electrons. The number of aryl methyl sites for hydroxylation is 1. The lowest BCUT2D eigenvalue weighted by atomic mass is 9.98. The molecule has 0 spiro atoms. The van der Waals surface area contributed by atoms with E-state index >= 15 is 0 Å². The molecule has 2 N–H and O–H groups in total. The van der Waals surface area contributed by atoms with Crippen molar-refractivity contribution >= 4 is 33.4 Å². The lowest BCUT2D eigenvalue weighted by Crippen LogP contribution is -2.28. The van der Waals surface area contributed by atoms with Crippen molar-refractivity contribution in [2.75, 3.05) is 0 Å². The van der Waals surface area contributed by atoms with Crippen molar-refractivity contribution in [1.82, 2.24) is 9.55 Å². The van der Waals surface area contributed by atoms with Crippen LogP contribution in [0.2, 0.25) is 0 Å². The highest BCUT2D eigenvalue weighted by atomic mass is 32.1. The smallest absolute Gasteiger partial charge is 0.348 e. The van der Waals surface area contributed by atoms with Crippen LogP contribution in [-0.2, 0) is 16.1 Å². The first-order valence-corrected chi connectivity index (χ1v) is 8.77. The summed E-state index contributed by atoms with van der Waals surface area (Å²) >= 11 is 1.15. The number of primary amides is 1. The monoisotopic (exact) mass is 349 g/mol. The summed E-state index contributed by atoms with van der Waals surface area (Å²) in [4.78, 5) is 41.0. The highest BCUT2D eigenvalue weighted by Crippen LogP contribution is 2.29. The number of ether oxygens (including phenoxy) is 1. The molecule has 8 heteroatoms. The summed E-state index contributed by atoms with van der Waals surface area (Å²) in [5, 5.41) is 0.347. The van der Waals surface area contributed by atoms with Gasteiger partial charge in [0.2, 0.25) is 5.91 Å². The quantitative estimate of drug-likeness (QED) is 0.847. The van der Waals surface area contributed by atoms with Crippen LogP contribution in [0.3, 0.4) is 0 Å². The van der Waals surface area contributed by atoms with E-state index in [1.54, 1.807) is 6.92 Å². The van der Waals surface area contributed by atoms with Crippen LogP contribution in [0, 0.1) is 6.92 Å². The predicted octanol–water partition coefficient (Wildman–Crippen LogP) is 1.74. The van der Waals surface area contributed by atoms with E-state index < -0.39 is 11.9 Å². The molecule has 2 heterocycles.